The second kappa shape index (κ2) is 11.8. The van der Waals surface area contributed by atoms with Gasteiger partial charge in [0.25, 0.3) is 0 Å². The van der Waals surface area contributed by atoms with Crippen LogP contribution in [0.5, 0.6) is 0 Å². The molecule has 2 fully saturated rings. The van der Waals surface area contributed by atoms with Gasteiger partial charge in [0, 0.05) is 24.3 Å². The van der Waals surface area contributed by atoms with Crippen LogP contribution < -0.4 is 0 Å². The van der Waals surface area contributed by atoms with Crippen molar-refractivity contribution in [3.8, 4) is 24.7 Å². The zero-order chi connectivity index (χ0) is 22.9. The van der Waals surface area contributed by atoms with E-state index in [1.807, 2.05) is 0 Å². The lowest BCUT2D eigenvalue weighted by molar-refractivity contribution is -0.141. The zero-order valence-corrected chi connectivity index (χ0v) is 18.9. The fourth-order valence-corrected chi connectivity index (χ4v) is 5.45. The van der Waals surface area contributed by atoms with Crippen LogP contribution in [0.2, 0.25) is 0 Å². The van der Waals surface area contributed by atoms with Crippen LogP contribution in [0.4, 0.5) is 0 Å². The van der Waals surface area contributed by atoms with E-state index in [1.54, 1.807) is 13.8 Å². The Kier molecular flexibility index (Phi) is 10.5. The highest BCUT2D eigenvalue weighted by Gasteiger charge is 2.48. The number of thioether (sulfide) groups is 2. The quantitative estimate of drug-likeness (QED) is 0.353. The predicted molar refractivity (Wildman–Crippen MR) is 118 cm³/mol. The third-order valence-electron chi connectivity index (χ3n) is 4.83. The molecular weight excluding hydrogens is 428 g/mol. The molecule has 0 spiro atoms. The van der Waals surface area contributed by atoms with Crippen LogP contribution >= 0.6 is 23.5 Å². The fourth-order valence-electron chi connectivity index (χ4n) is 3.26. The molecule has 4 atom stereocenters. The first-order valence-electron chi connectivity index (χ1n) is 9.45. The average Bonchev–Trinajstić information content (AvgIpc) is 3.03. The summed E-state index contributed by atoms with van der Waals surface area (Å²) in [4.78, 5) is 25.9. The van der Waals surface area contributed by atoms with Crippen molar-refractivity contribution in [1.29, 1.82) is 0 Å². The third-order valence-corrected chi connectivity index (χ3v) is 7.45. The summed E-state index contributed by atoms with van der Waals surface area (Å²) < 4.78 is 0. The number of aliphatic hydroxyl groups is 4. The van der Waals surface area contributed by atoms with Crippen molar-refractivity contribution in [1.82, 2.24) is 9.80 Å². The third kappa shape index (κ3) is 6.55. The van der Waals surface area contributed by atoms with Gasteiger partial charge in [0.05, 0.1) is 36.8 Å². The van der Waals surface area contributed by atoms with Crippen molar-refractivity contribution in [3.05, 3.63) is 0 Å². The number of carbonyl (C=O) groups excluding carboxylic acids is 2. The molecule has 2 amide bonds. The summed E-state index contributed by atoms with van der Waals surface area (Å²) in [5.41, 5.74) is -2.36. The Labute approximate surface area is 186 Å². The van der Waals surface area contributed by atoms with Gasteiger partial charge < -0.3 is 30.2 Å². The molecule has 0 radical (unpaired) electrons. The van der Waals surface area contributed by atoms with E-state index in [0.29, 0.717) is 17.9 Å². The van der Waals surface area contributed by atoms with Gasteiger partial charge in [-0.25, -0.2) is 0 Å². The lowest BCUT2D eigenvalue weighted by atomic mass is 10.2. The Bertz CT molecular complexity index is 672. The van der Waals surface area contributed by atoms with Crippen molar-refractivity contribution < 1.29 is 30.0 Å². The first-order chi connectivity index (χ1) is 14.1. The minimum Gasteiger partial charge on any atom is -0.396 e. The molecule has 0 aromatic heterocycles. The highest BCUT2D eigenvalue weighted by molar-refractivity contribution is 8.00. The van der Waals surface area contributed by atoms with Gasteiger partial charge in [-0.05, 0) is 13.8 Å². The molecule has 2 rings (SSSR count). The van der Waals surface area contributed by atoms with Gasteiger partial charge in [-0.3, -0.25) is 9.59 Å². The van der Waals surface area contributed by atoms with Crippen LogP contribution in [0.3, 0.4) is 0 Å². The number of terminal acetylenes is 2. The molecule has 0 saturated carbocycles. The van der Waals surface area contributed by atoms with Crippen molar-refractivity contribution in [2.75, 3.05) is 37.8 Å². The molecule has 0 aromatic carbocycles. The van der Waals surface area contributed by atoms with E-state index in [1.165, 1.54) is 33.3 Å². The number of amides is 2. The van der Waals surface area contributed by atoms with Crippen LogP contribution in [0, 0.1) is 24.7 Å². The minimum absolute atomic E-state index is 0.0335. The molecule has 2 saturated heterocycles. The SMILES string of the molecule is C#CCN1C(=O)C(SCCO)CC1(C)O.C#CCN1C(=O)CC(SCCO)C1(C)O. The Hall–Kier alpha value is -1.40. The Morgan fingerprint density at radius 2 is 1.57 bits per heavy atom. The van der Waals surface area contributed by atoms with E-state index in [9.17, 15) is 19.8 Å². The topological polar surface area (TPSA) is 122 Å². The summed E-state index contributed by atoms with van der Waals surface area (Å²) in [5.74, 6) is 5.45. The molecule has 4 N–H and O–H groups in total. The summed E-state index contributed by atoms with van der Waals surface area (Å²) in [5, 5.41) is 37.0. The smallest absolute Gasteiger partial charge is 0.238 e. The molecule has 0 aliphatic carbocycles. The maximum Gasteiger partial charge on any atom is 0.238 e. The van der Waals surface area contributed by atoms with Gasteiger partial charge in [-0.1, -0.05) is 11.8 Å². The molecule has 168 valence electrons. The predicted octanol–water partition coefficient (Wildman–Crippen LogP) is -0.691. The molecule has 2 heterocycles. The number of aliphatic hydroxyl groups excluding tert-OH is 2. The van der Waals surface area contributed by atoms with E-state index in [0.717, 1.165) is 0 Å². The monoisotopic (exact) mass is 458 g/mol. The molecular formula is C20H30N2O6S2. The second-order valence-electron chi connectivity index (χ2n) is 7.20. The number of carbonyl (C=O) groups is 2. The standard InChI is InChI=1S/2C10H15NO3S/c1-3-4-11-9(13)8(15-6-5-12)7-10(11,2)14;1-3-4-11-9(13)7-8(10(11,2)14)15-6-5-12/h2*1,8,12,14H,4-7H2,2H3. The van der Waals surface area contributed by atoms with Crippen LogP contribution in [-0.4, -0.2) is 102 Å². The van der Waals surface area contributed by atoms with E-state index >= 15 is 0 Å². The van der Waals surface area contributed by atoms with Gasteiger partial charge >= 0.3 is 0 Å². The zero-order valence-electron chi connectivity index (χ0n) is 17.3. The lowest BCUT2D eigenvalue weighted by Gasteiger charge is -2.32. The minimum atomic E-state index is -1.21. The Morgan fingerprint density at radius 3 is 2.10 bits per heavy atom. The van der Waals surface area contributed by atoms with E-state index in [2.05, 4.69) is 11.8 Å². The number of likely N-dealkylation sites (tertiary alicyclic amines) is 2. The molecule has 8 nitrogen and oxygen atoms in total. The highest BCUT2D eigenvalue weighted by Crippen LogP contribution is 2.36. The van der Waals surface area contributed by atoms with Gasteiger partial charge in [-0.15, -0.1) is 24.6 Å². The van der Waals surface area contributed by atoms with Crippen LogP contribution in [-0.2, 0) is 9.59 Å². The largest absolute Gasteiger partial charge is 0.396 e. The summed E-state index contributed by atoms with van der Waals surface area (Å²) >= 11 is 2.75. The summed E-state index contributed by atoms with van der Waals surface area (Å²) in [6.45, 7) is 3.50. The maximum atomic E-state index is 11.8. The Morgan fingerprint density at radius 1 is 1.03 bits per heavy atom. The van der Waals surface area contributed by atoms with Gasteiger partial charge in [-0.2, -0.15) is 11.8 Å². The molecule has 0 aromatic rings. The van der Waals surface area contributed by atoms with Crippen LogP contribution in [0.25, 0.3) is 0 Å². The molecule has 4 unspecified atom stereocenters. The molecule has 10 heteroatoms. The lowest BCUT2D eigenvalue weighted by Crippen LogP contribution is -2.48. The summed E-state index contributed by atoms with van der Waals surface area (Å²) in [6.07, 6.45) is 10.9. The fraction of sp³-hybridized carbons (Fsp3) is 0.700. The normalized spacial score (nSPS) is 30.7. The van der Waals surface area contributed by atoms with Crippen molar-refractivity contribution in [2.45, 2.75) is 48.6 Å². The van der Waals surface area contributed by atoms with E-state index in [4.69, 9.17) is 23.1 Å². The maximum absolute atomic E-state index is 11.8. The number of hydrogen-bond donors (Lipinski definition) is 4. The first kappa shape index (κ1) is 26.6. The first-order valence-corrected chi connectivity index (χ1v) is 11.5. The van der Waals surface area contributed by atoms with Crippen molar-refractivity contribution in [2.24, 2.45) is 0 Å². The van der Waals surface area contributed by atoms with E-state index in [-0.39, 0.29) is 55.0 Å². The highest BCUT2D eigenvalue weighted by atomic mass is 32.2. The second-order valence-corrected chi connectivity index (χ2v) is 9.82. The van der Waals surface area contributed by atoms with Crippen LogP contribution in [0.1, 0.15) is 26.7 Å². The molecule has 30 heavy (non-hydrogen) atoms. The van der Waals surface area contributed by atoms with Crippen molar-refractivity contribution >= 4 is 35.3 Å². The molecule has 2 aliphatic heterocycles. The molecule has 2 aliphatic rings. The summed E-state index contributed by atoms with van der Waals surface area (Å²) in [7, 11) is 0. The van der Waals surface area contributed by atoms with E-state index < -0.39 is 11.4 Å². The van der Waals surface area contributed by atoms with Crippen LogP contribution in [0.15, 0.2) is 0 Å². The number of hydrogen-bond acceptors (Lipinski definition) is 8. The average molecular weight is 459 g/mol. The van der Waals surface area contributed by atoms with Crippen molar-refractivity contribution in [3.63, 3.8) is 0 Å². The van der Waals surface area contributed by atoms with Gasteiger partial charge in [0.15, 0.2) is 0 Å². The Balaban J connectivity index is 0.000000300. The number of nitrogens with zero attached hydrogens (tertiary/aromatic N) is 2. The summed E-state index contributed by atoms with van der Waals surface area (Å²) in [6, 6.07) is 0. The van der Waals surface area contributed by atoms with Gasteiger partial charge in [0.1, 0.15) is 11.4 Å². The molecule has 0 bridgehead atoms. The van der Waals surface area contributed by atoms with Gasteiger partial charge in [0.2, 0.25) is 11.8 Å². The number of rotatable bonds is 8.